The van der Waals surface area contributed by atoms with Crippen LogP contribution in [0.2, 0.25) is 0 Å². The Morgan fingerprint density at radius 2 is 1.76 bits per heavy atom. The van der Waals surface area contributed by atoms with Gasteiger partial charge >= 0.3 is 0 Å². The van der Waals surface area contributed by atoms with Gasteiger partial charge in [-0.2, -0.15) is 5.10 Å². The summed E-state index contributed by atoms with van der Waals surface area (Å²) in [6.45, 7) is 1.63. The second kappa shape index (κ2) is 9.10. The normalized spacial score (nSPS) is 11.7. The van der Waals surface area contributed by atoms with E-state index in [1.54, 1.807) is 7.05 Å². The van der Waals surface area contributed by atoms with Crippen molar-refractivity contribution in [3.63, 3.8) is 0 Å². The van der Waals surface area contributed by atoms with Crippen LogP contribution in [-0.4, -0.2) is 40.9 Å². The maximum Gasteiger partial charge on any atom is 0.190 e. The number of nitrogens with zero attached hydrogens (tertiary/aromatic N) is 3. The highest BCUT2D eigenvalue weighted by Gasteiger charge is 2.04. The molecule has 0 amide bonds. The topological polar surface area (TPSA) is 70.0 Å². The average Bonchev–Trinajstić information content (AvgIpc) is 3.41. The molecule has 0 aliphatic rings. The van der Waals surface area contributed by atoms with Crippen molar-refractivity contribution in [2.45, 2.75) is 12.8 Å². The quantitative estimate of drug-likeness (QED) is 0.337. The highest BCUT2D eigenvalue weighted by molar-refractivity contribution is 5.83. The molecule has 4 aromatic rings. The van der Waals surface area contributed by atoms with Gasteiger partial charge in [0.1, 0.15) is 0 Å². The third-order valence-corrected chi connectivity index (χ3v) is 4.95. The molecule has 2 heterocycles. The van der Waals surface area contributed by atoms with E-state index in [-0.39, 0.29) is 0 Å². The van der Waals surface area contributed by atoms with Crippen LogP contribution in [0.1, 0.15) is 11.1 Å². The van der Waals surface area contributed by atoms with E-state index in [0.717, 1.165) is 37.6 Å². The van der Waals surface area contributed by atoms with Crippen LogP contribution in [-0.2, 0) is 12.8 Å². The van der Waals surface area contributed by atoms with E-state index < -0.39 is 0 Å². The zero-order chi connectivity index (χ0) is 19.9. The van der Waals surface area contributed by atoms with E-state index in [9.17, 15) is 0 Å². The molecule has 0 bridgehead atoms. The molecule has 2 aromatic carbocycles. The van der Waals surface area contributed by atoms with Gasteiger partial charge < -0.3 is 15.6 Å². The number of nitrogens with one attached hydrogen (secondary N) is 3. The van der Waals surface area contributed by atoms with Crippen molar-refractivity contribution in [1.29, 1.82) is 0 Å². The lowest BCUT2D eigenvalue weighted by atomic mass is 10.1. The fraction of sp³-hybridized carbons (Fsp3) is 0.217. The van der Waals surface area contributed by atoms with Gasteiger partial charge in [0.25, 0.3) is 0 Å². The van der Waals surface area contributed by atoms with Crippen LogP contribution in [0.4, 0.5) is 0 Å². The van der Waals surface area contributed by atoms with Crippen molar-refractivity contribution >= 4 is 16.9 Å². The molecule has 0 spiro atoms. The van der Waals surface area contributed by atoms with Crippen LogP contribution in [0, 0.1) is 0 Å². The van der Waals surface area contributed by atoms with Crippen LogP contribution in [0.5, 0.6) is 0 Å². The average molecular weight is 387 g/mol. The highest BCUT2D eigenvalue weighted by atomic mass is 15.3. The van der Waals surface area contributed by atoms with Crippen LogP contribution < -0.4 is 10.6 Å². The molecule has 0 radical (unpaired) electrons. The lowest BCUT2D eigenvalue weighted by molar-refractivity contribution is 0.785. The molecule has 0 saturated heterocycles. The summed E-state index contributed by atoms with van der Waals surface area (Å²) < 4.78 is 1.91. The third-order valence-electron chi connectivity index (χ3n) is 4.95. The summed E-state index contributed by atoms with van der Waals surface area (Å²) in [5.74, 6) is 0.820. The summed E-state index contributed by atoms with van der Waals surface area (Å²) >= 11 is 0. The number of aliphatic imine (C=N–C) groups is 1. The van der Waals surface area contributed by atoms with Gasteiger partial charge in [0.05, 0.1) is 11.9 Å². The van der Waals surface area contributed by atoms with E-state index >= 15 is 0 Å². The molecule has 6 heteroatoms. The molecule has 0 saturated carbocycles. The lowest BCUT2D eigenvalue weighted by Gasteiger charge is -2.11. The van der Waals surface area contributed by atoms with Crippen molar-refractivity contribution < 1.29 is 0 Å². The summed E-state index contributed by atoms with van der Waals surface area (Å²) in [5, 5.41) is 12.5. The summed E-state index contributed by atoms with van der Waals surface area (Å²) in [5.41, 5.74) is 4.76. The summed E-state index contributed by atoms with van der Waals surface area (Å²) in [6, 6.07) is 18.5. The van der Waals surface area contributed by atoms with Gasteiger partial charge in [-0.1, -0.05) is 36.4 Å². The molecule has 0 aliphatic carbocycles. The number of para-hydroxylation sites is 2. The van der Waals surface area contributed by atoms with E-state index in [4.69, 9.17) is 0 Å². The summed E-state index contributed by atoms with van der Waals surface area (Å²) in [7, 11) is 1.80. The minimum Gasteiger partial charge on any atom is -0.361 e. The smallest absolute Gasteiger partial charge is 0.190 e. The van der Waals surface area contributed by atoms with E-state index in [2.05, 4.69) is 74.5 Å². The molecular weight excluding hydrogens is 360 g/mol. The molecule has 3 N–H and O–H groups in total. The Kier molecular flexibility index (Phi) is 5.90. The fourth-order valence-electron chi connectivity index (χ4n) is 3.41. The number of rotatable bonds is 7. The van der Waals surface area contributed by atoms with Crippen molar-refractivity contribution in [3.8, 4) is 5.69 Å². The van der Waals surface area contributed by atoms with Crippen molar-refractivity contribution in [2.24, 2.45) is 4.99 Å². The highest BCUT2D eigenvalue weighted by Crippen LogP contribution is 2.17. The Hall–Kier alpha value is -3.54. The Balaban J connectivity index is 1.23. The minimum absolute atomic E-state index is 0.799. The van der Waals surface area contributed by atoms with E-state index in [0.29, 0.717) is 0 Å². The first-order valence-electron chi connectivity index (χ1n) is 9.92. The maximum atomic E-state index is 4.45. The number of aromatic amines is 1. The predicted molar refractivity (Wildman–Crippen MR) is 119 cm³/mol. The molecule has 4 rings (SSSR count). The van der Waals surface area contributed by atoms with Gasteiger partial charge in [0, 0.05) is 43.4 Å². The molecule has 0 unspecified atom stereocenters. The molecule has 0 fully saturated rings. The van der Waals surface area contributed by atoms with Crippen LogP contribution in [0.3, 0.4) is 0 Å². The molecule has 0 atom stereocenters. The number of hydrogen-bond acceptors (Lipinski definition) is 2. The first kappa shape index (κ1) is 18.8. The first-order chi connectivity index (χ1) is 14.3. The molecule has 148 valence electrons. The maximum absolute atomic E-state index is 4.45. The molecule has 0 aliphatic heterocycles. The van der Waals surface area contributed by atoms with Gasteiger partial charge in [-0.05, 0) is 42.2 Å². The number of benzene rings is 2. The SMILES string of the molecule is CN=C(NCCc1cnn(-c2ccccc2)c1)NCCc1c[nH]c2ccccc12. The van der Waals surface area contributed by atoms with Gasteiger partial charge in [-0.15, -0.1) is 0 Å². The Morgan fingerprint density at radius 1 is 1.00 bits per heavy atom. The van der Waals surface area contributed by atoms with Gasteiger partial charge in [0.15, 0.2) is 5.96 Å². The number of hydrogen-bond donors (Lipinski definition) is 3. The standard InChI is InChI=1S/C23H26N6/c1-24-23(26-14-12-19-16-27-22-10-6-5-9-21(19)22)25-13-11-18-15-28-29(17-18)20-7-3-2-4-8-20/h2-10,15-17,27H,11-14H2,1H3,(H2,24,25,26). The Bertz CT molecular complexity index is 1080. The Morgan fingerprint density at radius 3 is 2.59 bits per heavy atom. The van der Waals surface area contributed by atoms with Gasteiger partial charge in [-0.3, -0.25) is 4.99 Å². The van der Waals surface area contributed by atoms with Crippen molar-refractivity contribution in [3.05, 3.63) is 84.3 Å². The number of guanidine groups is 1. The molecule has 6 nitrogen and oxygen atoms in total. The van der Waals surface area contributed by atoms with E-state index in [1.807, 2.05) is 29.1 Å². The molecule has 29 heavy (non-hydrogen) atoms. The van der Waals surface area contributed by atoms with E-state index in [1.165, 1.54) is 22.0 Å². The number of aromatic nitrogens is 3. The zero-order valence-electron chi connectivity index (χ0n) is 16.6. The first-order valence-corrected chi connectivity index (χ1v) is 9.92. The molecule has 2 aromatic heterocycles. The molecular formula is C23H26N6. The summed E-state index contributed by atoms with van der Waals surface area (Å²) in [6.07, 6.45) is 7.91. The van der Waals surface area contributed by atoms with Crippen LogP contribution >= 0.6 is 0 Å². The zero-order valence-corrected chi connectivity index (χ0v) is 16.6. The monoisotopic (exact) mass is 386 g/mol. The van der Waals surface area contributed by atoms with Gasteiger partial charge in [-0.25, -0.2) is 4.68 Å². The van der Waals surface area contributed by atoms with Crippen molar-refractivity contribution in [1.82, 2.24) is 25.4 Å². The van der Waals surface area contributed by atoms with Gasteiger partial charge in [0.2, 0.25) is 0 Å². The van der Waals surface area contributed by atoms with Crippen LogP contribution in [0.15, 0.2) is 78.2 Å². The third kappa shape index (κ3) is 4.66. The minimum atomic E-state index is 0.799. The second-order valence-corrected chi connectivity index (χ2v) is 6.91. The largest absolute Gasteiger partial charge is 0.361 e. The Labute approximate surface area is 170 Å². The number of fused-ring (bicyclic) bond motifs is 1. The van der Waals surface area contributed by atoms with Crippen molar-refractivity contribution in [2.75, 3.05) is 20.1 Å². The van der Waals surface area contributed by atoms with Crippen LogP contribution in [0.25, 0.3) is 16.6 Å². The predicted octanol–water partition coefficient (Wildman–Crippen LogP) is 3.30. The fourth-order valence-corrected chi connectivity index (χ4v) is 3.41. The second-order valence-electron chi connectivity index (χ2n) is 6.91. The summed E-state index contributed by atoms with van der Waals surface area (Å²) in [4.78, 5) is 7.64. The number of H-pyrrole nitrogens is 1. The lowest BCUT2D eigenvalue weighted by Crippen LogP contribution is -2.39.